The minimum Gasteiger partial charge on any atom is -0.309 e. The smallest absolute Gasteiger partial charge is 0.309 e. The summed E-state index contributed by atoms with van der Waals surface area (Å²) in [5.74, 6) is 0. The van der Waals surface area contributed by atoms with E-state index in [4.69, 9.17) is 0 Å². The van der Waals surface area contributed by atoms with E-state index in [0.717, 1.165) is 55.4 Å². The van der Waals surface area contributed by atoms with Crippen molar-refractivity contribution in [3.05, 3.63) is 145 Å². The lowest BCUT2D eigenvalue weighted by molar-refractivity contribution is -0.137. The number of fused-ring (bicyclic) bond motifs is 6. The van der Waals surface area contributed by atoms with Crippen molar-refractivity contribution in [1.82, 2.24) is 9.13 Å². The molecule has 2 heterocycles. The fraction of sp³-hybridized carbons (Fsp3) is 0.0263. The number of nitrogens with zero attached hydrogens (tertiary/aromatic N) is 3. The Kier molecular flexibility index (Phi) is 5.65. The zero-order chi connectivity index (χ0) is 30.0. The van der Waals surface area contributed by atoms with Gasteiger partial charge < -0.3 is 9.13 Å². The Hall–Kier alpha value is -5.80. The van der Waals surface area contributed by atoms with E-state index in [0.29, 0.717) is 22.4 Å². The minimum atomic E-state index is -4.55. The van der Waals surface area contributed by atoms with Crippen LogP contribution in [0.3, 0.4) is 0 Å². The van der Waals surface area contributed by atoms with Crippen LogP contribution in [0.2, 0.25) is 0 Å². The molecule has 0 aliphatic carbocycles. The van der Waals surface area contributed by atoms with Gasteiger partial charge in [-0.25, -0.2) is 0 Å². The molecule has 0 saturated carbocycles. The van der Waals surface area contributed by atoms with Crippen LogP contribution >= 0.6 is 0 Å². The number of hydrogen-bond acceptors (Lipinski definition) is 1. The van der Waals surface area contributed by atoms with Crippen molar-refractivity contribution >= 4 is 43.6 Å². The largest absolute Gasteiger partial charge is 0.416 e. The van der Waals surface area contributed by atoms with Crippen LogP contribution in [0.5, 0.6) is 0 Å². The molecule has 0 radical (unpaired) electrons. The van der Waals surface area contributed by atoms with Gasteiger partial charge in [-0.1, -0.05) is 78.9 Å². The van der Waals surface area contributed by atoms with Crippen molar-refractivity contribution in [2.75, 3.05) is 0 Å². The Balaban J connectivity index is 1.53. The molecule has 2 aromatic heterocycles. The summed E-state index contributed by atoms with van der Waals surface area (Å²) in [6.07, 6.45) is -4.55. The van der Waals surface area contributed by atoms with E-state index in [9.17, 15) is 18.4 Å². The van der Waals surface area contributed by atoms with E-state index in [-0.39, 0.29) is 0 Å². The topological polar surface area (TPSA) is 33.6 Å². The zero-order valence-corrected chi connectivity index (χ0v) is 23.2. The number of halogens is 3. The molecule has 8 aromatic rings. The molecule has 0 aliphatic heterocycles. The van der Waals surface area contributed by atoms with Crippen LogP contribution in [0.4, 0.5) is 13.2 Å². The summed E-state index contributed by atoms with van der Waals surface area (Å²) in [7, 11) is 0. The molecule has 3 nitrogen and oxygen atoms in total. The van der Waals surface area contributed by atoms with Gasteiger partial charge in [0.05, 0.1) is 50.6 Å². The number of nitriles is 1. The highest BCUT2D eigenvalue weighted by Crippen LogP contribution is 2.43. The van der Waals surface area contributed by atoms with Gasteiger partial charge in [0.1, 0.15) is 0 Å². The number of benzene rings is 6. The Morgan fingerprint density at radius 2 is 0.932 bits per heavy atom. The SMILES string of the molecule is N#Cc1ccc(-n2c3ccccc3c3ccccc32)c(-c2ccc(C(F)(F)F)cc2-n2c3ccccc3c3ccccc32)c1. The monoisotopic (exact) mass is 577 g/mol. The summed E-state index contributed by atoms with van der Waals surface area (Å²) in [6.45, 7) is 0. The van der Waals surface area contributed by atoms with Gasteiger partial charge in [0.2, 0.25) is 0 Å². The standard InChI is InChI=1S/C38H22F3N3/c39-38(40,41)25-18-19-30(37(22-25)44-34-15-7-3-11-28(34)29-12-4-8-16-35(29)44)31-21-24(23-42)17-20-36(31)43-32-13-5-1-9-26(32)27-10-2-6-14-33(27)43/h1-22H. The normalized spacial score (nSPS) is 12.0. The van der Waals surface area contributed by atoms with E-state index in [1.54, 1.807) is 12.1 Å². The molecule has 0 bridgehead atoms. The number of alkyl halides is 3. The quantitative estimate of drug-likeness (QED) is 0.206. The Morgan fingerprint density at radius 3 is 1.39 bits per heavy atom. The molecule has 0 unspecified atom stereocenters. The van der Waals surface area contributed by atoms with E-state index in [2.05, 4.69) is 22.8 Å². The zero-order valence-electron chi connectivity index (χ0n) is 23.2. The lowest BCUT2D eigenvalue weighted by Crippen LogP contribution is -2.08. The summed E-state index contributed by atoms with van der Waals surface area (Å²) in [4.78, 5) is 0. The van der Waals surface area contributed by atoms with Gasteiger partial charge >= 0.3 is 6.18 Å². The van der Waals surface area contributed by atoms with Gasteiger partial charge in [-0.2, -0.15) is 18.4 Å². The third kappa shape index (κ3) is 3.83. The highest BCUT2D eigenvalue weighted by atomic mass is 19.4. The summed E-state index contributed by atoms with van der Waals surface area (Å²) >= 11 is 0. The summed E-state index contributed by atoms with van der Waals surface area (Å²) in [5.41, 5.74) is 5.57. The number of aromatic nitrogens is 2. The molecular weight excluding hydrogens is 555 g/mol. The maximum atomic E-state index is 14.3. The highest BCUT2D eigenvalue weighted by Gasteiger charge is 2.32. The summed E-state index contributed by atoms with van der Waals surface area (Å²) < 4.78 is 46.9. The van der Waals surface area contributed by atoms with E-state index in [1.807, 2.05) is 95.6 Å². The van der Waals surface area contributed by atoms with E-state index < -0.39 is 11.7 Å². The molecule has 0 fully saturated rings. The first-order valence-corrected chi connectivity index (χ1v) is 14.2. The van der Waals surface area contributed by atoms with Crippen molar-refractivity contribution < 1.29 is 13.2 Å². The first-order valence-electron chi connectivity index (χ1n) is 14.2. The Labute approximate surface area is 250 Å². The van der Waals surface area contributed by atoms with Gasteiger partial charge in [-0.05, 0) is 54.6 Å². The average molecular weight is 578 g/mol. The molecule has 0 amide bonds. The molecule has 0 saturated heterocycles. The van der Waals surface area contributed by atoms with Crippen molar-refractivity contribution in [3.63, 3.8) is 0 Å². The average Bonchev–Trinajstić information content (AvgIpc) is 3.57. The maximum Gasteiger partial charge on any atom is 0.416 e. The second-order valence-electron chi connectivity index (χ2n) is 10.8. The molecule has 0 aliphatic rings. The van der Waals surface area contributed by atoms with Crippen molar-refractivity contribution in [3.8, 4) is 28.6 Å². The maximum absolute atomic E-state index is 14.3. The first kappa shape index (κ1) is 25.9. The lowest BCUT2D eigenvalue weighted by atomic mass is 9.97. The third-order valence-corrected chi connectivity index (χ3v) is 8.38. The molecule has 6 heteroatoms. The van der Waals surface area contributed by atoms with Gasteiger partial charge in [0, 0.05) is 32.7 Å². The minimum absolute atomic E-state index is 0.384. The number of hydrogen-bond donors (Lipinski definition) is 0. The van der Waals surface area contributed by atoms with Crippen LogP contribution in [0.1, 0.15) is 11.1 Å². The fourth-order valence-electron chi connectivity index (χ4n) is 6.50. The molecule has 210 valence electrons. The van der Waals surface area contributed by atoms with Gasteiger partial charge in [-0.3, -0.25) is 0 Å². The second kappa shape index (κ2) is 9.62. The van der Waals surface area contributed by atoms with Crippen molar-refractivity contribution in [2.24, 2.45) is 0 Å². The van der Waals surface area contributed by atoms with Gasteiger partial charge in [0.25, 0.3) is 0 Å². The molecule has 0 N–H and O–H groups in total. The second-order valence-corrected chi connectivity index (χ2v) is 10.8. The molecule has 0 atom stereocenters. The van der Waals surface area contributed by atoms with Crippen LogP contribution in [-0.2, 0) is 6.18 Å². The highest BCUT2D eigenvalue weighted by molar-refractivity contribution is 6.11. The van der Waals surface area contributed by atoms with E-state index >= 15 is 0 Å². The predicted molar refractivity (Wildman–Crippen MR) is 170 cm³/mol. The van der Waals surface area contributed by atoms with E-state index in [1.165, 1.54) is 12.1 Å². The van der Waals surface area contributed by atoms with Gasteiger partial charge in [0.15, 0.2) is 0 Å². The van der Waals surface area contributed by atoms with Crippen molar-refractivity contribution in [1.29, 1.82) is 5.26 Å². The molecule has 6 aromatic carbocycles. The third-order valence-electron chi connectivity index (χ3n) is 8.38. The fourth-order valence-corrected chi connectivity index (χ4v) is 6.50. The van der Waals surface area contributed by atoms with Crippen LogP contribution in [0, 0.1) is 11.3 Å². The first-order chi connectivity index (χ1) is 21.4. The van der Waals surface area contributed by atoms with Crippen LogP contribution < -0.4 is 0 Å². The van der Waals surface area contributed by atoms with Crippen LogP contribution in [-0.4, -0.2) is 9.13 Å². The molecule has 44 heavy (non-hydrogen) atoms. The molecule has 0 spiro atoms. The lowest BCUT2D eigenvalue weighted by Gasteiger charge is -2.20. The van der Waals surface area contributed by atoms with Crippen molar-refractivity contribution in [2.45, 2.75) is 6.18 Å². The summed E-state index contributed by atoms with van der Waals surface area (Å²) in [6, 6.07) is 43.2. The predicted octanol–water partition coefficient (Wildman–Crippen LogP) is 10.4. The number of para-hydroxylation sites is 4. The van der Waals surface area contributed by atoms with Gasteiger partial charge in [-0.15, -0.1) is 0 Å². The van der Waals surface area contributed by atoms with Crippen LogP contribution in [0.25, 0.3) is 66.1 Å². The Bertz CT molecular complexity index is 2350. The Morgan fingerprint density at radius 1 is 0.477 bits per heavy atom. The summed E-state index contributed by atoms with van der Waals surface area (Å²) in [5, 5.41) is 14.0. The molecular formula is C38H22F3N3. The van der Waals surface area contributed by atoms with Crippen LogP contribution in [0.15, 0.2) is 133 Å². The number of rotatable bonds is 3. The molecule has 8 rings (SSSR count).